The Bertz CT molecular complexity index is 1220. The van der Waals surface area contributed by atoms with E-state index >= 15 is 0 Å². The molecule has 0 spiro atoms. The number of amides is 1. The molecule has 0 bridgehead atoms. The first-order chi connectivity index (χ1) is 15.6. The van der Waals surface area contributed by atoms with Crippen molar-refractivity contribution in [3.05, 3.63) is 29.8 Å². The lowest BCUT2D eigenvalue weighted by molar-refractivity contribution is 0.0990. The molecule has 1 saturated heterocycles. The Kier molecular flexibility index (Phi) is 5.21. The van der Waals surface area contributed by atoms with Crippen LogP contribution in [0.5, 0.6) is 23.0 Å². The van der Waals surface area contributed by atoms with Crippen LogP contribution in [0.25, 0.3) is 21.5 Å². The summed E-state index contributed by atoms with van der Waals surface area (Å²) in [5, 5.41) is 3.62. The summed E-state index contributed by atoms with van der Waals surface area (Å²) in [6, 6.07) is 7.76. The van der Waals surface area contributed by atoms with Gasteiger partial charge in [-0.1, -0.05) is 0 Å². The lowest BCUT2D eigenvalue weighted by Gasteiger charge is -2.22. The highest BCUT2D eigenvalue weighted by Gasteiger charge is 2.34. The molecule has 0 aliphatic carbocycles. The van der Waals surface area contributed by atoms with E-state index in [0.29, 0.717) is 35.1 Å². The standard InChI is InChI=1S/C25H28N2O5/c1-29-19-12-15-11-18-22-17(25(28)27(18)10-9-26-7-5-6-8-26)14-21(31-3)24(32-4)23(22)16(15)13-20(19)30-2/h11-14H,5-10H2,1-4H3. The normalized spacial score (nSPS) is 15.8. The van der Waals surface area contributed by atoms with E-state index in [1.807, 2.05) is 17.0 Å². The molecule has 0 aromatic heterocycles. The molecule has 0 unspecified atom stereocenters. The summed E-state index contributed by atoms with van der Waals surface area (Å²) in [6.45, 7) is 3.70. The van der Waals surface area contributed by atoms with E-state index < -0.39 is 0 Å². The highest BCUT2D eigenvalue weighted by molar-refractivity contribution is 6.31. The zero-order valence-corrected chi connectivity index (χ0v) is 19.0. The van der Waals surface area contributed by atoms with Gasteiger partial charge >= 0.3 is 0 Å². The summed E-state index contributed by atoms with van der Waals surface area (Å²) in [4.78, 5) is 17.9. The van der Waals surface area contributed by atoms with Crippen molar-refractivity contribution in [1.82, 2.24) is 4.90 Å². The molecular weight excluding hydrogens is 408 g/mol. The van der Waals surface area contributed by atoms with Gasteiger partial charge in [-0.2, -0.15) is 0 Å². The van der Waals surface area contributed by atoms with Crippen LogP contribution in [0.2, 0.25) is 0 Å². The summed E-state index contributed by atoms with van der Waals surface area (Å²) in [5.74, 6) is 2.41. The largest absolute Gasteiger partial charge is 0.493 e. The van der Waals surface area contributed by atoms with Crippen molar-refractivity contribution in [2.45, 2.75) is 12.8 Å². The number of carbonyl (C=O) groups is 1. The van der Waals surface area contributed by atoms with Gasteiger partial charge < -0.3 is 28.7 Å². The van der Waals surface area contributed by atoms with Crippen LogP contribution in [0.1, 0.15) is 23.2 Å². The molecule has 2 aliphatic heterocycles. The molecule has 0 atom stereocenters. The first kappa shape index (κ1) is 20.7. The first-order valence-corrected chi connectivity index (χ1v) is 10.9. The second-order valence-electron chi connectivity index (χ2n) is 8.24. The van der Waals surface area contributed by atoms with Gasteiger partial charge in [0.25, 0.3) is 5.91 Å². The summed E-state index contributed by atoms with van der Waals surface area (Å²) in [7, 11) is 6.46. The van der Waals surface area contributed by atoms with Gasteiger partial charge in [0.2, 0.25) is 0 Å². The number of methoxy groups -OCH3 is 4. The number of nitrogens with zero attached hydrogens (tertiary/aromatic N) is 2. The molecule has 5 rings (SSSR count). The topological polar surface area (TPSA) is 60.5 Å². The molecule has 2 heterocycles. The van der Waals surface area contributed by atoms with Crippen molar-refractivity contribution < 1.29 is 23.7 Å². The first-order valence-electron chi connectivity index (χ1n) is 10.9. The number of hydrogen-bond acceptors (Lipinski definition) is 6. The van der Waals surface area contributed by atoms with Crippen LogP contribution < -0.4 is 23.8 Å². The molecule has 0 radical (unpaired) electrons. The van der Waals surface area contributed by atoms with Gasteiger partial charge in [0, 0.05) is 23.9 Å². The monoisotopic (exact) mass is 436 g/mol. The van der Waals surface area contributed by atoms with Crippen molar-refractivity contribution >= 4 is 33.1 Å². The quantitative estimate of drug-likeness (QED) is 0.520. The summed E-state index contributed by atoms with van der Waals surface area (Å²) >= 11 is 0. The lowest BCUT2D eigenvalue weighted by atomic mass is 9.96. The molecule has 3 aromatic rings. The lowest BCUT2D eigenvalue weighted by Crippen LogP contribution is -2.35. The summed E-state index contributed by atoms with van der Waals surface area (Å²) in [6.07, 6.45) is 2.45. The third kappa shape index (κ3) is 3.03. The molecule has 0 N–H and O–H groups in total. The minimum atomic E-state index is -0.000568. The van der Waals surface area contributed by atoms with Gasteiger partial charge in [-0.25, -0.2) is 0 Å². The fourth-order valence-electron chi connectivity index (χ4n) is 5.07. The predicted octanol–water partition coefficient (Wildman–Crippen LogP) is 4.08. The smallest absolute Gasteiger partial charge is 0.259 e. The summed E-state index contributed by atoms with van der Waals surface area (Å²) in [5.41, 5.74) is 1.55. The van der Waals surface area contributed by atoms with Crippen molar-refractivity contribution in [2.24, 2.45) is 0 Å². The third-order valence-corrected chi connectivity index (χ3v) is 6.65. The van der Waals surface area contributed by atoms with Crippen LogP contribution >= 0.6 is 0 Å². The van der Waals surface area contributed by atoms with Gasteiger partial charge in [0.1, 0.15) is 0 Å². The van der Waals surface area contributed by atoms with Gasteiger partial charge in [0.15, 0.2) is 23.0 Å². The molecule has 0 saturated carbocycles. The average Bonchev–Trinajstić information content (AvgIpc) is 3.43. The molecule has 3 aromatic carbocycles. The SMILES string of the molecule is COc1cc2cc3c4c(cc(OC)c(OC)c4c2cc1OC)C(=O)N3CCN1CCCC1. The zero-order valence-electron chi connectivity index (χ0n) is 19.0. The van der Waals surface area contributed by atoms with Crippen LogP contribution in [0, 0.1) is 0 Å². The van der Waals surface area contributed by atoms with Gasteiger partial charge in [-0.05, 0) is 61.0 Å². The highest BCUT2D eigenvalue weighted by Crippen LogP contribution is 2.50. The molecule has 1 amide bonds. The second kappa shape index (κ2) is 8.06. The highest BCUT2D eigenvalue weighted by atomic mass is 16.5. The number of rotatable bonds is 7. The van der Waals surface area contributed by atoms with Crippen LogP contribution in [0.3, 0.4) is 0 Å². The molecule has 32 heavy (non-hydrogen) atoms. The van der Waals surface area contributed by atoms with Crippen LogP contribution in [-0.4, -0.2) is 65.4 Å². The fraction of sp³-hybridized carbons (Fsp3) is 0.400. The Morgan fingerprint density at radius 2 is 1.47 bits per heavy atom. The minimum absolute atomic E-state index is 0.000568. The maximum absolute atomic E-state index is 13.5. The number of fused-ring (bicyclic) bond motifs is 2. The van der Waals surface area contributed by atoms with E-state index in [0.717, 1.165) is 46.9 Å². The second-order valence-corrected chi connectivity index (χ2v) is 8.24. The van der Waals surface area contributed by atoms with E-state index in [1.165, 1.54) is 12.8 Å². The van der Waals surface area contributed by atoms with Crippen LogP contribution in [0.4, 0.5) is 5.69 Å². The number of carbonyl (C=O) groups excluding carboxylic acids is 1. The van der Waals surface area contributed by atoms with E-state index in [1.54, 1.807) is 34.5 Å². The molecule has 1 fully saturated rings. The van der Waals surface area contributed by atoms with Gasteiger partial charge in [0.05, 0.1) is 39.7 Å². The third-order valence-electron chi connectivity index (χ3n) is 6.65. The van der Waals surface area contributed by atoms with E-state index in [4.69, 9.17) is 18.9 Å². The van der Waals surface area contributed by atoms with E-state index in [-0.39, 0.29) is 5.91 Å². The van der Waals surface area contributed by atoms with Crippen molar-refractivity contribution in [3.8, 4) is 23.0 Å². The molecule has 7 heteroatoms. The number of anilines is 1. The summed E-state index contributed by atoms with van der Waals surface area (Å²) < 4.78 is 22.5. The van der Waals surface area contributed by atoms with Crippen molar-refractivity contribution in [3.63, 3.8) is 0 Å². The Labute approximate surface area is 187 Å². The maximum atomic E-state index is 13.5. The molecule has 7 nitrogen and oxygen atoms in total. The Morgan fingerprint density at radius 1 is 0.781 bits per heavy atom. The van der Waals surface area contributed by atoms with Crippen LogP contribution in [0.15, 0.2) is 24.3 Å². The Morgan fingerprint density at radius 3 is 2.12 bits per heavy atom. The Hall–Kier alpha value is -3.19. The number of likely N-dealkylation sites (tertiary alicyclic amines) is 1. The molecule has 168 valence electrons. The van der Waals surface area contributed by atoms with Crippen LogP contribution in [-0.2, 0) is 0 Å². The van der Waals surface area contributed by atoms with E-state index in [9.17, 15) is 4.79 Å². The van der Waals surface area contributed by atoms with Gasteiger partial charge in [-0.15, -0.1) is 0 Å². The fourth-order valence-corrected chi connectivity index (χ4v) is 5.07. The average molecular weight is 437 g/mol. The molecular formula is C25H28N2O5. The number of hydrogen-bond donors (Lipinski definition) is 0. The van der Waals surface area contributed by atoms with Crippen molar-refractivity contribution in [2.75, 3.05) is 59.5 Å². The molecule has 2 aliphatic rings. The number of ether oxygens (including phenoxy) is 4. The zero-order chi connectivity index (χ0) is 22.4. The maximum Gasteiger partial charge on any atom is 0.259 e. The minimum Gasteiger partial charge on any atom is -0.493 e. The van der Waals surface area contributed by atoms with E-state index in [2.05, 4.69) is 11.0 Å². The predicted molar refractivity (Wildman–Crippen MR) is 125 cm³/mol. The van der Waals surface area contributed by atoms with Crippen molar-refractivity contribution in [1.29, 1.82) is 0 Å². The van der Waals surface area contributed by atoms with Gasteiger partial charge in [-0.3, -0.25) is 4.79 Å². The number of benzene rings is 3. The Balaban J connectivity index is 1.77.